The molecule has 1 aliphatic carbocycles. The summed E-state index contributed by atoms with van der Waals surface area (Å²) in [6.45, 7) is 1.90. The van der Waals surface area contributed by atoms with Crippen LogP contribution in [0, 0.1) is 6.92 Å². The van der Waals surface area contributed by atoms with E-state index >= 15 is 0 Å². The quantitative estimate of drug-likeness (QED) is 0.676. The number of amides is 1. The predicted octanol–water partition coefficient (Wildman–Crippen LogP) is 5.19. The molecule has 0 fully saturated rings. The minimum Gasteiger partial charge on any atom is -0.493 e. The van der Waals surface area contributed by atoms with Gasteiger partial charge in [-0.1, -0.05) is 29.8 Å². The SMILES string of the molecule is COc1cccc(C2CC(=O)N(c3cccc(Cl)c3C)C3=C2C(=O)CCC3)c1OC. The summed E-state index contributed by atoms with van der Waals surface area (Å²) in [7, 11) is 3.15. The first-order valence-electron chi connectivity index (χ1n) is 10.0. The third kappa shape index (κ3) is 3.27. The molecule has 1 amide bonds. The average molecular weight is 426 g/mol. The maximum absolute atomic E-state index is 13.4. The van der Waals surface area contributed by atoms with Crippen LogP contribution in [0.2, 0.25) is 5.02 Å². The van der Waals surface area contributed by atoms with Gasteiger partial charge in [-0.2, -0.15) is 0 Å². The number of carbonyl (C=O) groups excluding carboxylic acids is 2. The van der Waals surface area contributed by atoms with Crippen LogP contribution in [-0.4, -0.2) is 25.9 Å². The summed E-state index contributed by atoms with van der Waals surface area (Å²) in [5.41, 5.74) is 3.85. The summed E-state index contributed by atoms with van der Waals surface area (Å²) < 4.78 is 11.1. The van der Waals surface area contributed by atoms with Crippen molar-refractivity contribution < 1.29 is 19.1 Å². The van der Waals surface area contributed by atoms with E-state index in [-0.39, 0.29) is 24.0 Å². The highest BCUT2D eigenvalue weighted by molar-refractivity contribution is 6.31. The first-order valence-corrected chi connectivity index (χ1v) is 10.4. The Labute approximate surface area is 181 Å². The largest absolute Gasteiger partial charge is 0.493 e. The molecule has 1 aliphatic heterocycles. The Morgan fingerprint density at radius 3 is 2.53 bits per heavy atom. The summed E-state index contributed by atoms with van der Waals surface area (Å²) in [6, 6.07) is 11.1. The second-order valence-corrected chi connectivity index (χ2v) is 8.00. The highest BCUT2D eigenvalue weighted by atomic mass is 35.5. The van der Waals surface area contributed by atoms with E-state index in [1.165, 1.54) is 0 Å². The smallest absolute Gasteiger partial charge is 0.232 e. The van der Waals surface area contributed by atoms with Crippen molar-refractivity contribution in [1.29, 1.82) is 0 Å². The standard InChI is InChI=1S/C24H24ClNO4/c1-14-17(25)8-5-9-18(14)26-19-10-6-11-20(27)23(19)16(13-22(26)28)15-7-4-12-21(29-2)24(15)30-3/h4-5,7-9,12,16H,6,10-11,13H2,1-3H3. The normalized spacial score (nSPS) is 19.1. The molecule has 0 saturated carbocycles. The van der Waals surface area contributed by atoms with Gasteiger partial charge in [0.25, 0.3) is 0 Å². The Balaban J connectivity index is 1.92. The van der Waals surface area contributed by atoms with Crippen LogP contribution in [-0.2, 0) is 9.59 Å². The fourth-order valence-corrected chi connectivity index (χ4v) is 4.73. The van der Waals surface area contributed by atoms with Crippen LogP contribution >= 0.6 is 11.6 Å². The van der Waals surface area contributed by atoms with Crippen molar-refractivity contribution >= 4 is 29.0 Å². The van der Waals surface area contributed by atoms with Gasteiger partial charge in [-0.05, 0) is 43.5 Å². The maximum atomic E-state index is 13.4. The fraction of sp³-hybridized carbons (Fsp3) is 0.333. The Morgan fingerprint density at radius 2 is 1.80 bits per heavy atom. The van der Waals surface area contributed by atoms with Gasteiger partial charge in [0.2, 0.25) is 5.91 Å². The van der Waals surface area contributed by atoms with E-state index in [9.17, 15) is 9.59 Å². The predicted molar refractivity (Wildman–Crippen MR) is 116 cm³/mol. The van der Waals surface area contributed by atoms with E-state index in [0.717, 1.165) is 28.9 Å². The van der Waals surface area contributed by atoms with Crippen LogP contribution < -0.4 is 14.4 Å². The number of nitrogens with zero attached hydrogens (tertiary/aromatic N) is 1. The molecule has 1 unspecified atom stereocenters. The van der Waals surface area contributed by atoms with E-state index in [2.05, 4.69) is 0 Å². The minimum atomic E-state index is -0.360. The third-order valence-corrected chi connectivity index (χ3v) is 6.37. The van der Waals surface area contributed by atoms with Gasteiger partial charge >= 0.3 is 0 Å². The number of benzene rings is 2. The van der Waals surface area contributed by atoms with Crippen molar-refractivity contribution in [2.75, 3.05) is 19.1 Å². The summed E-state index contributed by atoms with van der Waals surface area (Å²) in [5.74, 6) is 0.824. The summed E-state index contributed by atoms with van der Waals surface area (Å²) >= 11 is 6.33. The molecule has 2 aliphatic rings. The van der Waals surface area contributed by atoms with Crippen molar-refractivity contribution in [2.45, 2.75) is 38.5 Å². The Hall–Kier alpha value is -2.79. The van der Waals surface area contributed by atoms with Gasteiger partial charge in [-0.3, -0.25) is 14.5 Å². The average Bonchev–Trinajstić information content (AvgIpc) is 2.75. The van der Waals surface area contributed by atoms with E-state index in [4.69, 9.17) is 21.1 Å². The van der Waals surface area contributed by atoms with Crippen LogP contribution in [0.4, 0.5) is 5.69 Å². The highest BCUT2D eigenvalue weighted by Crippen LogP contribution is 2.48. The number of para-hydroxylation sites is 1. The number of hydrogen-bond acceptors (Lipinski definition) is 4. The van der Waals surface area contributed by atoms with Crippen LogP contribution in [0.3, 0.4) is 0 Å². The van der Waals surface area contributed by atoms with Crippen LogP contribution in [0.5, 0.6) is 11.5 Å². The summed E-state index contributed by atoms with van der Waals surface area (Å²) in [4.78, 5) is 28.2. The van der Waals surface area contributed by atoms with Gasteiger partial charge in [-0.15, -0.1) is 0 Å². The van der Waals surface area contributed by atoms with Gasteiger partial charge in [0.15, 0.2) is 17.3 Å². The van der Waals surface area contributed by atoms with E-state index < -0.39 is 0 Å². The molecule has 2 aromatic rings. The molecule has 0 spiro atoms. The Morgan fingerprint density at radius 1 is 1.03 bits per heavy atom. The molecule has 1 heterocycles. The molecule has 0 saturated heterocycles. The molecule has 0 N–H and O–H groups in total. The number of anilines is 1. The molecular weight excluding hydrogens is 402 g/mol. The molecule has 2 aromatic carbocycles. The molecular formula is C24H24ClNO4. The molecule has 156 valence electrons. The van der Waals surface area contributed by atoms with Gasteiger partial charge in [-0.25, -0.2) is 0 Å². The van der Waals surface area contributed by atoms with Crippen molar-refractivity contribution in [3.05, 3.63) is 63.8 Å². The van der Waals surface area contributed by atoms with Gasteiger partial charge < -0.3 is 9.47 Å². The summed E-state index contributed by atoms with van der Waals surface area (Å²) in [5, 5.41) is 0.598. The fourth-order valence-electron chi connectivity index (χ4n) is 4.56. The van der Waals surface area contributed by atoms with Gasteiger partial charge in [0.05, 0.1) is 19.9 Å². The molecule has 0 bridgehead atoms. The molecule has 0 aromatic heterocycles. The monoisotopic (exact) mass is 425 g/mol. The van der Waals surface area contributed by atoms with E-state index in [1.54, 1.807) is 25.2 Å². The van der Waals surface area contributed by atoms with E-state index in [0.29, 0.717) is 34.9 Å². The Kier molecular flexibility index (Phi) is 5.56. The number of rotatable bonds is 4. The number of ketones is 1. The molecule has 6 heteroatoms. The lowest BCUT2D eigenvalue weighted by molar-refractivity contribution is -0.119. The molecule has 5 nitrogen and oxygen atoms in total. The lowest BCUT2D eigenvalue weighted by atomic mass is 9.76. The van der Waals surface area contributed by atoms with Gasteiger partial charge in [0, 0.05) is 40.6 Å². The van der Waals surface area contributed by atoms with E-state index in [1.807, 2.05) is 37.3 Å². The second-order valence-electron chi connectivity index (χ2n) is 7.59. The van der Waals surface area contributed by atoms with Gasteiger partial charge in [0.1, 0.15) is 0 Å². The number of carbonyl (C=O) groups is 2. The summed E-state index contributed by atoms with van der Waals surface area (Å²) in [6.07, 6.45) is 2.06. The maximum Gasteiger partial charge on any atom is 0.232 e. The van der Waals surface area contributed by atoms with Crippen molar-refractivity contribution in [1.82, 2.24) is 0 Å². The molecule has 0 radical (unpaired) electrons. The zero-order chi connectivity index (χ0) is 21.4. The molecule has 1 atom stereocenters. The number of allylic oxidation sites excluding steroid dienone is 2. The second kappa shape index (κ2) is 8.15. The Bertz CT molecular complexity index is 1060. The highest BCUT2D eigenvalue weighted by Gasteiger charge is 2.41. The van der Waals surface area contributed by atoms with Crippen molar-refractivity contribution in [2.24, 2.45) is 0 Å². The number of Topliss-reactive ketones (excluding diaryl/α,β-unsaturated/α-hetero) is 1. The number of methoxy groups -OCH3 is 2. The van der Waals surface area contributed by atoms with Crippen LogP contribution in [0.1, 0.15) is 42.7 Å². The number of ether oxygens (including phenoxy) is 2. The number of hydrogen-bond donors (Lipinski definition) is 0. The molecule has 30 heavy (non-hydrogen) atoms. The topological polar surface area (TPSA) is 55.8 Å². The third-order valence-electron chi connectivity index (χ3n) is 5.96. The van der Waals surface area contributed by atoms with Crippen LogP contribution in [0.15, 0.2) is 47.7 Å². The van der Waals surface area contributed by atoms with Crippen LogP contribution in [0.25, 0.3) is 0 Å². The zero-order valence-corrected chi connectivity index (χ0v) is 18.1. The first-order chi connectivity index (χ1) is 14.5. The molecule has 4 rings (SSSR count). The van der Waals surface area contributed by atoms with Crippen molar-refractivity contribution in [3.63, 3.8) is 0 Å². The van der Waals surface area contributed by atoms with Crippen molar-refractivity contribution in [3.8, 4) is 11.5 Å². The zero-order valence-electron chi connectivity index (χ0n) is 17.3. The lowest BCUT2D eigenvalue weighted by Crippen LogP contribution is -2.41. The minimum absolute atomic E-state index is 0.0521. The number of halogens is 1. The first kappa shape index (κ1) is 20.5. The lowest BCUT2D eigenvalue weighted by Gasteiger charge is -2.39.